The molecule has 0 saturated carbocycles. The first kappa shape index (κ1) is 23.4. The first-order valence-corrected chi connectivity index (χ1v) is 11.3. The molecule has 0 spiro atoms. The minimum atomic E-state index is -0.480. The molecule has 0 bridgehead atoms. The van der Waals surface area contributed by atoms with Crippen molar-refractivity contribution >= 4 is 17.3 Å². The van der Waals surface area contributed by atoms with Crippen molar-refractivity contribution in [3.05, 3.63) is 100 Å². The van der Waals surface area contributed by atoms with Crippen molar-refractivity contribution in [2.24, 2.45) is 0 Å². The van der Waals surface area contributed by atoms with Crippen LogP contribution in [0.5, 0.6) is 5.75 Å². The molecule has 0 aromatic heterocycles. The summed E-state index contributed by atoms with van der Waals surface area (Å²) < 4.78 is 5.40. The average Bonchev–Trinajstić information content (AvgIpc) is 2.86. The molecule has 1 aliphatic rings. The molecular weight excluding hydrogens is 432 g/mol. The summed E-state index contributed by atoms with van der Waals surface area (Å²) in [4.78, 5) is 27.3. The summed E-state index contributed by atoms with van der Waals surface area (Å²) in [6, 6.07) is 24.1. The van der Waals surface area contributed by atoms with Gasteiger partial charge in [-0.3, -0.25) is 24.7 Å². The summed E-state index contributed by atoms with van der Waals surface area (Å²) in [5.41, 5.74) is 3.24. The molecule has 34 heavy (non-hydrogen) atoms. The molecule has 0 radical (unpaired) electrons. The Kier molecular flexibility index (Phi) is 7.85. The van der Waals surface area contributed by atoms with E-state index >= 15 is 0 Å². The molecule has 4 rings (SSSR count). The Morgan fingerprint density at radius 3 is 1.94 bits per heavy atom. The van der Waals surface area contributed by atoms with E-state index < -0.39 is 4.92 Å². The van der Waals surface area contributed by atoms with Gasteiger partial charge in [-0.1, -0.05) is 42.5 Å². The summed E-state index contributed by atoms with van der Waals surface area (Å²) >= 11 is 0. The minimum absolute atomic E-state index is 0.0223. The van der Waals surface area contributed by atoms with Gasteiger partial charge in [-0.15, -0.1) is 0 Å². The van der Waals surface area contributed by atoms with E-state index in [4.69, 9.17) is 4.74 Å². The number of carbonyl (C=O) groups excluding carboxylic acids is 1. The van der Waals surface area contributed by atoms with Crippen LogP contribution >= 0.6 is 0 Å². The number of hydrogen-bond acceptors (Lipinski definition) is 6. The van der Waals surface area contributed by atoms with Gasteiger partial charge in [-0.25, -0.2) is 0 Å². The second-order valence-corrected chi connectivity index (χ2v) is 8.32. The fourth-order valence-corrected chi connectivity index (χ4v) is 3.91. The highest BCUT2D eigenvalue weighted by Gasteiger charge is 2.17. The van der Waals surface area contributed by atoms with Crippen LogP contribution in [0, 0.1) is 10.1 Å². The van der Waals surface area contributed by atoms with Gasteiger partial charge in [0.1, 0.15) is 5.75 Å². The van der Waals surface area contributed by atoms with Crippen LogP contribution in [0.2, 0.25) is 0 Å². The third-order valence-electron chi connectivity index (χ3n) is 5.78. The Hall–Kier alpha value is -3.75. The number of nitro groups is 1. The Balaban J connectivity index is 1.18. The zero-order valence-electron chi connectivity index (χ0n) is 18.9. The van der Waals surface area contributed by atoms with E-state index in [2.05, 4.69) is 39.4 Å². The standard InChI is InChI=1S/C26H28N4O4/c31-26(20-34-25-12-10-24(11-13-25)30(32)33)27-23-8-6-22(7-9-23)19-29-16-14-28(15-17-29)18-21-4-2-1-3-5-21/h1-13H,14-20H2,(H,27,31). The summed E-state index contributed by atoms with van der Waals surface area (Å²) in [7, 11) is 0. The van der Waals surface area contributed by atoms with E-state index in [1.54, 1.807) is 0 Å². The van der Waals surface area contributed by atoms with Crippen molar-refractivity contribution in [3.8, 4) is 5.75 Å². The number of benzene rings is 3. The molecule has 0 atom stereocenters. The summed E-state index contributed by atoms with van der Waals surface area (Å²) in [5, 5.41) is 13.5. The smallest absolute Gasteiger partial charge is 0.269 e. The molecule has 0 aliphatic carbocycles. The van der Waals surface area contributed by atoms with Crippen LogP contribution in [0.1, 0.15) is 11.1 Å². The fraction of sp³-hybridized carbons (Fsp3) is 0.269. The van der Waals surface area contributed by atoms with E-state index in [1.165, 1.54) is 35.4 Å². The van der Waals surface area contributed by atoms with E-state index in [9.17, 15) is 14.9 Å². The first-order chi connectivity index (χ1) is 16.5. The predicted molar refractivity (Wildman–Crippen MR) is 131 cm³/mol. The zero-order chi connectivity index (χ0) is 23.8. The molecule has 0 unspecified atom stereocenters. The lowest BCUT2D eigenvalue weighted by Crippen LogP contribution is -2.45. The third kappa shape index (κ3) is 6.87. The van der Waals surface area contributed by atoms with Gasteiger partial charge in [0.2, 0.25) is 0 Å². The number of nitrogens with zero attached hydrogens (tertiary/aromatic N) is 3. The number of ether oxygens (including phenoxy) is 1. The normalized spacial score (nSPS) is 14.5. The largest absolute Gasteiger partial charge is 0.484 e. The Morgan fingerprint density at radius 1 is 0.824 bits per heavy atom. The lowest BCUT2D eigenvalue weighted by Gasteiger charge is -2.34. The molecule has 8 nitrogen and oxygen atoms in total. The lowest BCUT2D eigenvalue weighted by molar-refractivity contribution is -0.384. The number of hydrogen-bond donors (Lipinski definition) is 1. The highest BCUT2D eigenvalue weighted by atomic mass is 16.6. The first-order valence-electron chi connectivity index (χ1n) is 11.3. The van der Waals surface area contributed by atoms with Crippen LogP contribution in [-0.4, -0.2) is 53.4 Å². The van der Waals surface area contributed by atoms with Crippen molar-refractivity contribution in [1.29, 1.82) is 0 Å². The molecule has 3 aromatic rings. The molecule has 1 aliphatic heterocycles. The van der Waals surface area contributed by atoms with Crippen LogP contribution in [0.15, 0.2) is 78.9 Å². The van der Waals surface area contributed by atoms with Crippen molar-refractivity contribution in [2.45, 2.75) is 13.1 Å². The van der Waals surface area contributed by atoms with Crippen LogP contribution in [0.25, 0.3) is 0 Å². The second-order valence-electron chi connectivity index (χ2n) is 8.32. The molecule has 1 heterocycles. The minimum Gasteiger partial charge on any atom is -0.484 e. The summed E-state index contributed by atoms with van der Waals surface area (Å²) in [6.45, 7) is 5.88. The number of nitrogens with one attached hydrogen (secondary N) is 1. The van der Waals surface area contributed by atoms with Crippen molar-refractivity contribution in [3.63, 3.8) is 0 Å². The van der Waals surface area contributed by atoms with E-state index in [0.29, 0.717) is 11.4 Å². The van der Waals surface area contributed by atoms with Gasteiger partial charge in [-0.2, -0.15) is 0 Å². The summed E-state index contributed by atoms with van der Waals surface area (Å²) in [5.74, 6) is 0.112. The van der Waals surface area contributed by atoms with Crippen molar-refractivity contribution in [1.82, 2.24) is 9.80 Å². The Labute approximate surface area is 198 Å². The monoisotopic (exact) mass is 460 g/mol. The quantitative estimate of drug-likeness (QED) is 0.385. The number of non-ortho nitro benzene ring substituents is 1. The van der Waals surface area contributed by atoms with Gasteiger partial charge in [0.25, 0.3) is 11.6 Å². The van der Waals surface area contributed by atoms with Gasteiger partial charge in [0.05, 0.1) is 4.92 Å². The van der Waals surface area contributed by atoms with Gasteiger partial charge < -0.3 is 10.1 Å². The van der Waals surface area contributed by atoms with Crippen LogP contribution < -0.4 is 10.1 Å². The van der Waals surface area contributed by atoms with Crippen LogP contribution in [-0.2, 0) is 17.9 Å². The predicted octanol–water partition coefficient (Wildman–Crippen LogP) is 3.93. The van der Waals surface area contributed by atoms with E-state index in [1.807, 2.05) is 30.3 Å². The average molecular weight is 461 g/mol. The van der Waals surface area contributed by atoms with E-state index in [-0.39, 0.29) is 18.2 Å². The Bertz CT molecular complexity index is 1080. The SMILES string of the molecule is O=C(COc1ccc([N+](=O)[O-])cc1)Nc1ccc(CN2CCN(Cc3ccccc3)CC2)cc1. The van der Waals surface area contributed by atoms with Crippen LogP contribution in [0.4, 0.5) is 11.4 Å². The van der Waals surface area contributed by atoms with Crippen molar-refractivity contribution in [2.75, 3.05) is 38.1 Å². The van der Waals surface area contributed by atoms with Crippen molar-refractivity contribution < 1.29 is 14.5 Å². The molecule has 176 valence electrons. The highest BCUT2D eigenvalue weighted by molar-refractivity contribution is 5.91. The van der Waals surface area contributed by atoms with Gasteiger partial charge in [0.15, 0.2) is 6.61 Å². The molecule has 3 aromatic carbocycles. The number of nitro benzene ring substituents is 1. The molecular formula is C26H28N4O4. The fourth-order valence-electron chi connectivity index (χ4n) is 3.91. The highest BCUT2D eigenvalue weighted by Crippen LogP contribution is 2.18. The number of amides is 1. The Morgan fingerprint density at radius 2 is 1.38 bits per heavy atom. The molecule has 1 N–H and O–H groups in total. The number of rotatable bonds is 9. The second kappa shape index (κ2) is 11.4. The number of piperazine rings is 1. The molecule has 1 saturated heterocycles. The molecule has 1 amide bonds. The van der Waals surface area contributed by atoms with Gasteiger partial charge in [0, 0.05) is 57.1 Å². The zero-order valence-corrected chi connectivity index (χ0v) is 18.9. The van der Waals surface area contributed by atoms with E-state index in [0.717, 1.165) is 39.3 Å². The topological polar surface area (TPSA) is 87.9 Å². The summed E-state index contributed by atoms with van der Waals surface area (Å²) in [6.07, 6.45) is 0. The maximum absolute atomic E-state index is 12.2. The molecule has 8 heteroatoms. The van der Waals surface area contributed by atoms with Crippen LogP contribution in [0.3, 0.4) is 0 Å². The lowest BCUT2D eigenvalue weighted by atomic mass is 10.1. The van der Waals surface area contributed by atoms with Gasteiger partial charge in [-0.05, 0) is 35.4 Å². The third-order valence-corrected chi connectivity index (χ3v) is 5.78. The maximum Gasteiger partial charge on any atom is 0.269 e. The molecule has 1 fully saturated rings. The number of anilines is 1. The number of carbonyl (C=O) groups is 1. The maximum atomic E-state index is 12.2. The van der Waals surface area contributed by atoms with Gasteiger partial charge >= 0.3 is 0 Å².